The number of rotatable bonds is 2. The van der Waals surface area contributed by atoms with E-state index in [-0.39, 0.29) is 29.6 Å². The molecule has 2 aromatic rings. The molecule has 0 bridgehead atoms. The maximum Gasteiger partial charge on any atom is 0.123 e. The van der Waals surface area contributed by atoms with Crippen LogP contribution < -0.4 is 5.32 Å². The maximum absolute atomic E-state index is 13.2. The fourth-order valence-corrected chi connectivity index (χ4v) is 3.34. The first-order valence-corrected chi connectivity index (χ1v) is 7.86. The quantitative estimate of drug-likeness (QED) is 0.873. The molecule has 1 aliphatic heterocycles. The van der Waals surface area contributed by atoms with Crippen molar-refractivity contribution in [3.8, 4) is 0 Å². The zero-order chi connectivity index (χ0) is 16.6. The van der Waals surface area contributed by atoms with Crippen LogP contribution in [0.4, 0.5) is 8.78 Å². The van der Waals surface area contributed by atoms with Crippen molar-refractivity contribution >= 4 is 0 Å². The lowest BCUT2D eigenvalue weighted by Crippen LogP contribution is -2.50. The van der Waals surface area contributed by atoms with Gasteiger partial charge in [0.05, 0.1) is 5.60 Å². The molecule has 0 saturated carbocycles. The van der Waals surface area contributed by atoms with Crippen molar-refractivity contribution in [3.63, 3.8) is 0 Å². The molecule has 2 aromatic carbocycles. The monoisotopic (exact) mass is 317 g/mol. The minimum Gasteiger partial charge on any atom is -0.390 e. The van der Waals surface area contributed by atoms with E-state index < -0.39 is 5.60 Å². The molecule has 0 amide bonds. The van der Waals surface area contributed by atoms with Crippen molar-refractivity contribution in [1.29, 1.82) is 0 Å². The molecule has 1 fully saturated rings. The van der Waals surface area contributed by atoms with E-state index in [1.54, 1.807) is 24.3 Å². The third-order valence-electron chi connectivity index (χ3n) is 4.98. The Labute approximate surface area is 135 Å². The minimum atomic E-state index is -0.872. The Bertz CT molecular complexity index is 667. The van der Waals surface area contributed by atoms with Crippen LogP contribution in [0.15, 0.2) is 48.5 Å². The van der Waals surface area contributed by atoms with Gasteiger partial charge in [0.15, 0.2) is 0 Å². The lowest BCUT2D eigenvalue weighted by atomic mass is 9.73. The zero-order valence-corrected chi connectivity index (χ0v) is 13.3. The predicted molar refractivity (Wildman–Crippen MR) is 85.8 cm³/mol. The molecule has 4 atom stereocenters. The molecule has 0 aromatic heterocycles. The van der Waals surface area contributed by atoms with Crippen LogP contribution in [0.3, 0.4) is 0 Å². The van der Waals surface area contributed by atoms with Gasteiger partial charge in [0.1, 0.15) is 11.6 Å². The standard InChI is InChI=1S/C19H21F2NO/c1-12-18(14-5-9-16(21)10-6-14)22-17(11-19(12,2)23)13-3-7-15(20)8-4-13/h3-10,12,17-18,22-23H,11H2,1-2H3/t12-,17+,18-,19-/m1/s1. The Morgan fingerprint density at radius 2 is 1.43 bits per heavy atom. The molecular weight excluding hydrogens is 296 g/mol. The SMILES string of the molecule is C[C@@H]1[C@H](c2ccc(F)cc2)N[C@H](c2ccc(F)cc2)C[C@@]1(C)O. The summed E-state index contributed by atoms with van der Waals surface area (Å²) in [5, 5.41) is 14.4. The number of halogens is 2. The largest absolute Gasteiger partial charge is 0.390 e. The zero-order valence-electron chi connectivity index (χ0n) is 13.3. The Kier molecular flexibility index (Phi) is 4.21. The van der Waals surface area contributed by atoms with E-state index in [9.17, 15) is 13.9 Å². The van der Waals surface area contributed by atoms with E-state index in [0.717, 1.165) is 11.1 Å². The number of benzene rings is 2. The van der Waals surface area contributed by atoms with E-state index in [1.165, 1.54) is 24.3 Å². The van der Waals surface area contributed by atoms with Crippen molar-refractivity contribution < 1.29 is 13.9 Å². The van der Waals surface area contributed by atoms with Crippen LogP contribution in [-0.4, -0.2) is 10.7 Å². The lowest BCUT2D eigenvalue weighted by Gasteiger charge is -2.46. The van der Waals surface area contributed by atoms with E-state index in [1.807, 2.05) is 13.8 Å². The molecule has 2 nitrogen and oxygen atoms in total. The van der Waals surface area contributed by atoms with Gasteiger partial charge in [-0.15, -0.1) is 0 Å². The number of nitrogens with one attached hydrogen (secondary N) is 1. The molecule has 23 heavy (non-hydrogen) atoms. The van der Waals surface area contributed by atoms with Gasteiger partial charge < -0.3 is 10.4 Å². The number of aliphatic hydroxyl groups is 1. The average molecular weight is 317 g/mol. The fourth-order valence-electron chi connectivity index (χ4n) is 3.34. The molecule has 1 heterocycles. The fraction of sp³-hybridized carbons (Fsp3) is 0.368. The average Bonchev–Trinajstić information content (AvgIpc) is 2.51. The van der Waals surface area contributed by atoms with Gasteiger partial charge >= 0.3 is 0 Å². The van der Waals surface area contributed by atoms with Gasteiger partial charge in [-0.3, -0.25) is 0 Å². The third-order valence-corrected chi connectivity index (χ3v) is 4.98. The summed E-state index contributed by atoms with van der Waals surface area (Å²) in [6.07, 6.45) is 0.539. The first kappa shape index (κ1) is 16.1. The Balaban J connectivity index is 1.92. The first-order chi connectivity index (χ1) is 10.9. The Morgan fingerprint density at radius 1 is 0.957 bits per heavy atom. The summed E-state index contributed by atoms with van der Waals surface area (Å²) >= 11 is 0. The highest BCUT2D eigenvalue weighted by molar-refractivity contribution is 5.27. The van der Waals surface area contributed by atoms with E-state index >= 15 is 0 Å². The predicted octanol–water partition coefficient (Wildman–Crippen LogP) is 4.13. The molecule has 4 heteroatoms. The van der Waals surface area contributed by atoms with Gasteiger partial charge in [0.25, 0.3) is 0 Å². The number of piperidine rings is 1. The first-order valence-electron chi connectivity index (χ1n) is 7.86. The van der Waals surface area contributed by atoms with Crippen LogP contribution in [-0.2, 0) is 0 Å². The molecular formula is C19H21F2NO. The highest BCUT2D eigenvalue weighted by Gasteiger charge is 2.42. The molecule has 1 aliphatic rings. The molecule has 2 N–H and O–H groups in total. The van der Waals surface area contributed by atoms with Gasteiger partial charge in [0.2, 0.25) is 0 Å². The van der Waals surface area contributed by atoms with Crippen molar-refractivity contribution in [2.45, 2.75) is 38.0 Å². The molecule has 3 rings (SSSR count). The van der Waals surface area contributed by atoms with E-state index in [0.29, 0.717) is 6.42 Å². The smallest absolute Gasteiger partial charge is 0.123 e. The highest BCUT2D eigenvalue weighted by Crippen LogP contribution is 2.42. The highest BCUT2D eigenvalue weighted by atomic mass is 19.1. The summed E-state index contributed by atoms with van der Waals surface area (Å²) in [6, 6.07) is 12.5. The summed E-state index contributed by atoms with van der Waals surface area (Å²) < 4.78 is 26.3. The van der Waals surface area contributed by atoms with E-state index in [2.05, 4.69) is 5.32 Å². The summed E-state index contributed by atoms with van der Waals surface area (Å²) in [6.45, 7) is 3.81. The lowest BCUT2D eigenvalue weighted by molar-refractivity contribution is -0.0526. The number of hydrogen-bond donors (Lipinski definition) is 2. The topological polar surface area (TPSA) is 32.3 Å². The van der Waals surface area contributed by atoms with Gasteiger partial charge in [-0.1, -0.05) is 31.2 Å². The minimum absolute atomic E-state index is 0.0374. The van der Waals surface area contributed by atoms with Crippen molar-refractivity contribution in [1.82, 2.24) is 5.32 Å². The maximum atomic E-state index is 13.2. The number of hydrogen-bond acceptors (Lipinski definition) is 2. The van der Waals surface area contributed by atoms with E-state index in [4.69, 9.17) is 0 Å². The molecule has 122 valence electrons. The summed E-state index contributed by atoms with van der Waals surface area (Å²) in [5.41, 5.74) is 1.00. The van der Waals surface area contributed by atoms with Gasteiger partial charge in [-0.25, -0.2) is 8.78 Å². The molecule has 0 aliphatic carbocycles. The van der Waals surface area contributed by atoms with Crippen molar-refractivity contribution in [2.75, 3.05) is 0 Å². The summed E-state index contributed by atoms with van der Waals surface area (Å²) in [4.78, 5) is 0. The van der Waals surface area contributed by atoms with Crippen LogP contribution in [0, 0.1) is 17.6 Å². The van der Waals surface area contributed by atoms with Gasteiger partial charge in [-0.2, -0.15) is 0 Å². The second-order valence-electron chi connectivity index (χ2n) is 6.65. The van der Waals surface area contributed by atoms with Crippen molar-refractivity contribution in [2.24, 2.45) is 5.92 Å². The third kappa shape index (κ3) is 3.28. The molecule has 0 radical (unpaired) electrons. The summed E-state index contributed by atoms with van der Waals surface area (Å²) in [7, 11) is 0. The normalized spacial score (nSPS) is 31.1. The van der Waals surface area contributed by atoms with Crippen LogP contribution in [0.25, 0.3) is 0 Å². The summed E-state index contributed by atoms with van der Waals surface area (Å²) in [5.74, 6) is -0.594. The molecule has 0 unspecified atom stereocenters. The Hall–Kier alpha value is -1.78. The molecule has 0 spiro atoms. The van der Waals surface area contributed by atoms with Crippen LogP contribution in [0.5, 0.6) is 0 Å². The van der Waals surface area contributed by atoms with Crippen LogP contribution >= 0.6 is 0 Å². The van der Waals surface area contributed by atoms with Crippen molar-refractivity contribution in [3.05, 3.63) is 71.3 Å². The van der Waals surface area contributed by atoms with Crippen LogP contribution in [0.2, 0.25) is 0 Å². The second kappa shape index (κ2) is 6.02. The second-order valence-corrected chi connectivity index (χ2v) is 6.65. The van der Waals surface area contributed by atoms with Gasteiger partial charge in [0, 0.05) is 18.0 Å². The Morgan fingerprint density at radius 3 is 1.96 bits per heavy atom. The molecule has 1 saturated heterocycles. The van der Waals surface area contributed by atoms with Gasteiger partial charge in [-0.05, 0) is 48.7 Å². The van der Waals surface area contributed by atoms with Crippen LogP contribution in [0.1, 0.15) is 43.5 Å².